The van der Waals surface area contributed by atoms with Crippen LogP contribution >= 0.6 is 11.8 Å². The maximum Gasteiger partial charge on any atom is 0.238 e. The maximum atomic E-state index is 12.9. The fraction of sp³-hybridized carbons (Fsp3) is 0.304. The molecule has 2 atom stereocenters. The minimum absolute atomic E-state index is 0.0646. The molecule has 7 nitrogen and oxygen atoms in total. The molecule has 3 aromatic rings. The summed E-state index contributed by atoms with van der Waals surface area (Å²) >= 11 is 1.57. The lowest BCUT2D eigenvalue weighted by molar-refractivity contribution is -0.115. The van der Waals surface area contributed by atoms with E-state index < -0.39 is 0 Å². The van der Waals surface area contributed by atoms with Gasteiger partial charge in [-0.25, -0.2) is 4.68 Å². The lowest BCUT2D eigenvalue weighted by Crippen LogP contribution is -2.22. The largest absolute Gasteiger partial charge is 0.497 e. The van der Waals surface area contributed by atoms with Crippen molar-refractivity contribution in [2.75, 3.05) is 26.6 Å². The number of fused-ring (bicyclic) bond motifs is 1. The third kappa shape index (κ3) is 3.83. The quantitative estimate of drug-likeness (QED) is 0.636. The number of benzene rings is 2. The van der Waals surface area contributed by atoms with Crippen LogP contribution in [0.3, 0.4) is 0 Å². The Morgan fingerprint density at radius 3 is 2.32 bits per heavy atom. The number of carbonyl (C=O) groups is 1. The molecule has 8 heteroatoms. The molecule has 1 aliphatic heterocycles. The van der Waals surface area contributed by atoms with Gasteiger partial charge in [0, 0.05) is 11.1 Å². The number of methoxy groups -OCH3 is 3. The summed E-state index contributed by atoms with van der Waals surface area (Å²) in [5, 5.41) is 7.43. The molecular weight excluding hydrogens is 414 g/mol. The number of rotatable bonds is 5. The van der Waals surface area contributed by atoms with Gasteiger partial charge in [0.15, 0.2) is 0 Å². The van der Waals surface area contributed by atoms with Crippen molar-refractivity contribution in [3.63, 3.8) is 0 Å². The lowest BCUT2D eigenvalue weighted by atomic mass is 10.0. The third-order valence-corrected chi connectivity index (χ3v) is 6.74. The zero-order valence-corrected chi connectivity index (χ0v) is 18.9. The Kier molecular flexibility index (Phi) is 5.82. The van der Waals surface area contributed by atoms with E-state index in [-0.39, 0.29) is 16.4 Å². The molecule has 1 aromatic heterocycles. The molecule has 0 bridgehead atoms. The first-order valence-corrected chi connectivity index (χ1v) is 10.8. The van der Waals surface area contributed by atoms with E-state index in [9.17, 15) is 4.79 Å². The molecule has 31 heavy (non-hydrogen) atoms. The Hall–Kier alpha value is -3.13. The van der Waals surface area contributed by atoms with Crippen LogP contribution < -0.4 is 19.5 Å². The maximum absolute atomic E-state index is 12.9. The van der Waals surface area contributed by atoms with Crippen molar-refractivity contribution in [1.29, 1.82) is 0 Å². The monoisotopic (exact) mass is 439 g/mol. The number of aryl methyl sites for hydroxylation is 1. The number of hydrogen-bond acceptors (Lipinski definition) is 6. The van der Waals surface area contributed by atoms with Crippen LogP contribution in [0.5, 0.6) is 17.2 Å². The molecule has 4 rings (SSSR count). The van der Waals surface area contributed by atoms with Gasteiger partial charge in [0.1, 0.15) is 23.1 Å². The predicted molar refractivity (Wildman–Crippen MR) is 122 cm³/mol. The van der Waals surface area contributed by atoms with E-state index >= 15 is 0 Å². The summed E-state index contributed by atoms with van der Waals surface area (Å²) in [7, 11) is 4.91. The van der Waals surface area contributed by atoms with Gasteiger partial charge < -0.3 is 19.5 Å². The van der Waals surface area contributed by atoms with Crippen molar-refractivity contribution in [3.05, 3.63) is 59.3 Å². The molecule has 0 spiro atoms. The van der Waals surface area contributed by atoms with Crippen LogP contribution in [0, 0.1) is 6.92 Å². The van der Waals surface area contributed by atoms with Gasteiger partial charge in [0.25, 0.3) is 0 Å². The molecule has 2 heterocycles. The molecule has 162 valence electrons. The average molecular weight is 440 g/mol. The van der Waals surface area contributed by atoms with Crippen molar-refractivity contribution < 1.29 is 19.0 Å². The van der Waals surface area contributed by atoms with E-state index in [1.54, 1.807) is 37.8 Å². The summed E-state index contributed by atoms with van der Waals surface area (Å²) in [6, 6.07) is 13.3. The van der Waals surface area contributed by atoms with Crippen molar-refractivity contribution in [3.8, 4) is 22.9 Å². The number of ether oxygens (including phenoxy) is 3. The van der Waals surface area contributed by atoms with Gasteiger partial charge in [-0.15, -0.1) is 11.8 Å². The van der Waals surface area contributed by atoms with Gasteiger partial charge >= 0.3 is 0 Å². The summed E-state index contributed by atoms with van der Waals surface area (Å²) in [4.78, 5) is 12.9. The van der Waals surface area contributed by atoms with E-state index in [4.69, 9.17) is 19.3 Å². The topological polar surface area (TPSA) is 74.6 Å². The predicted octanol–water partition coefficient (Wildman–Crippen LogP) is 4.37. The number of anilines is 1. The Balaban J connectivity index is 1.91. The second-order valence-corrected chi connectivity index (χ2v) is 8.66. The minimum atomic E-state index is -0.267. The zero-order valence-electron chi connectivity index (χ0n) is 18.1. The first-order valence-electron chi connectivity index (χ1n) is 9.89. The third-order valence-electron chi connectivity index (χ3n) is 5.36. The van der Waals surface area contributed by atoms with Gasteiger partial charge in [-0.1, -0.05) is 0 Å². The van der Waals surface area contributed by atoms with Crippen LogP contribution in [0.4, 0.5) is 5.82 Å². The highest BCUT2D eigenvalue weighted by Gasteiger charge is 2.35. The summed E-state index contributed by atoms with van der Waals surface area (Å²) in [6.45, 7) is 3.87. The highest BCUT2D eigenvalue weighted by Crippen LogP contribution is 2.49. The first kappa shape index (κ1) is 21.1. The second kappa shape index (κ2) is 8.55. The molecular formula is C23H25N3O4S. The summed E-state index contributed by atoms with van der Waals surface area (Å²) < 4.78 is 18.2. The van der Waals surface area contributed by atoms with Crippen LogP contribution in [0.2, 0.25) is 0 Å². The highest BCUT2D eigenvalue weighted by molar-refractivity contribution is 8.01. The van der Waals surface area contributed by atoms with Crippen LogP contribution in [-0.2, 0) is 4.79 Å². The standard InChI is InChI=1S/C23H25N3O4S/c1-13-20-21(18-12-17(29-4)10-11-19(18)30-5)31-14(2)23(27)24-22(20)26(25-13)15-6-8-16(28-3)9-7-15/h6-12,14,21H,1-5H3,(H,24,27)/t14-,21+/m0/s1. The number of hydrogen-bond donors (Lipinski definition) is 1. The molecule has 0 fully saturated rings. The van der Waals surface area contributed by atoms with E-state index in [2.05, 4.69) is 5.32 Å². The number of carbonyl (C=O) groups excluding carboxylic acids is 1. The smallest absolute Gasteiger partial charge is 0.238 e. The number of nitrogens with one attached hydrogen (secondary N) is 1. The van der Waals surface area contributed by atoms with Gasteiger partial charge in [-0.2, -0.15) is 5.10 Å². The van der Waals surface area contributed by atoms with Gasteiger partial charge in [0.2, 0.25) is 5.91 Å². The molecule has 2 aromatic carbocycles. The Morgan fingerprint density at radius 2 is 1.68 bits per heavy atom. The zero-order chi connectivity index (χ0) is 22.1. The Bertz CT molecular complexity index is 1110. The number of thioether (sulfide) groups is 1. The number of nitrogens with zero attached hydrogens (tertiary/aromatic N) is 2. The fourth-order valence-corrected chi connectivity index (χ4v) is 5.05. The molecule has 1 amide bonds. The molecule has 0 saturated carbocycles. The van der Waals surface area contributed by atoms with Crippen LogP contribution in [-0.4, -0.2) is 42.3 Å². The number of amides is 1. The van der Waals surface area contributed by atoms with Crippen LogP contribution in [0.1, 0.15) is 29.0 Å². The van der Waals surface area contributed by atoms with Crippen molar-refractivity contribution >= 4 is 23.5 Å². The van der Waals surface area contributed by atoms with Gasteiger partial charge in [-0.3, -0.25) is 4.79 Å². The normalized spacial score (nSPS) is 18.0. The van der Waals surface area contributed by atoms with Crippen molar-refractivity contribution in [2.45, 2.75) is 24.3 Å². The van der Waals surface area contributed by atoms with E-state index in [0.717, 1.165) is 39.8 Å². The van der Waals surface area contributed by atoms with Crippen molar-refractivity contribution in [1.82, 2.24) is 9.78 Å². The molecule has 0 saturated heterocycles. The second-order valence-electron chi connectivity index (χ2n) is 7.21. The minimum Gasteiger partial charge on any atom is -0.497 e. The van der Waals surface area contributed by atoms with E-state index in [0.29, 0.717) is 5.82 Å². The summed E-state index contributed by atoms with van der Waals surface area (Å²) in [5.74, 6) is 2.83. The van der Waals surface area contributed by atoms with E-state index in [1.807, 2.05) is 56.3 Å². The van der Waals surface area contributed by atoms with Crippen LogP contribution in [0.15, 0.2) is 42.5 Å². The Morgan fingerprint density at radius 1 is 1.00 bits per heavy atom. The fourth-order valence-electron chi connectivity index (χ4n) is 3.71. The first-order chi connectivity index (χ1) is 15.0. The highest BCUT2D eigenvalue weighted by atomic mass is 32.2. The molecule has 1 aliphatic rings. The average Bonchev–Trinajstić information content (AvgIpc) is 3.04. The molecule has 0 aliphatic carbocycles. The molecule has 0 radical (unpaired) electrons. The molecule has 1 N–H and O–H groups in total. The summed E-state index contributed by atoms with van der Waals surface area (Å²) in [5.41, 5.74) is 3.56. The van der Waals surface area contributed by atoms with Crippen molar-refractivity contribution in [2.24, 2.45) is 0 Å². The van der Waals surface area contributed by atoms with Gasteiger partial charge in [0.05, 0.1) is 43.2 Å². The lowest BCUT2D eigenvalue weighted by Gasteiger charge is -2.20. The number of aromatic nitrogens is 2. The Labute approximate surface area is 185 Å². The van der Waals surface area contributed by atoms with E-state index in [1.165, 1.54) is 0 Å². The van der Waals surface area contributed by atoms with Gasteiger partial charge in [-0.05, 0) is 56.3 Å². The summed E-state index contributed by atoms with van der Waals surface area (Å²) in [6.07, 6.45) is 0. The van der Waals surface area contributed by atoms with Crippen LogP contribution in [0.25, 0.3) is 5.69 Å². The molecule has 0 unspecified atom stereocenters. The SMILES string of the molecule is COc1ccc(-n2nc(C)c3c2NC(=O)[C@H](C)S[C@@H]3c2cc(OC)ccc2OC)cc1.